The summed E-state index contributed by atoms with van der Waals surface area (Å²) in [4.78, 5) is 4.15. The highest BCUT2D eigenvalue weighted by Gasteiger charge is 2.14. The maximum Gasteiger partial charge on any atom is 0.258 e. The van der Waals surface area contributed by atoms with Crippen LogP contribution in [0.2, 0.25) is 0 Å². The summed E-state index contributed by atoms with van der Waals surface area (Å²) in [6.45, 7) is 5.65. The monoisotopic (exact) mass is 218 g/mol. The first-order valence-corrected chi connectivity index (χ1v) is 5.18. The largest absolute Gasteiger partial charge is 0.385 e. The Labute approximate surface area is 93.9 Å². The summed E-state index contributed by atoms with van der Waals surface area (Å²) in [7, 11) is 0. The predicted octanol–water partition coefficient (Wildman–Crippen LogP) is 2.41. The van der Waals surface area contributed by atoms with Crippen LogP contribution in [0.1, 0.15) is 30.0 Å². The Morgan fingerprint density at radius 1 is 1.31 bits per heavy atom. The molecule has 0 radical (unpaired) electrons. The Bertz CT molecular complexity index is 503. The third-order valence-corrected chi connectivity index (χ3v) is 2.65. The fraction of sp³-hybridized carbons (Fsp3) is 0.333. The molecule has 1 heterocycles. The Hall–Kier alpha value is -1.68. The summed E-state index contributed by atoms with van der Waals surface area (Å²) in [6.07, 6.45) is -0.706. The van der Waals surface area contributed by atoms with Crippen molar-refractivity contribution in [3.8, 4) is 11.5 Å². The number of nitrogens with zero attached hydrogens (tertiary/aromatic N) is 2. The van der Waals surface area contributed by atoms with E-state index in [-0.39, 0.29) is 0 Å². The summed E-state index contributed by atoms with van der Waals surface area (Å²) in [5.74, 6) is 0.771. The van der Waals surface area contributed by atoms with Crippen LogP contribution in [0, 0.1) is 13.8 Å². The Kier molecular flexibility index (Phi) is 2.75. The van der Waals surface area contributed by atoms with Crippen LogP contribution in [-0.2, 0) is 0 Å². The highest BCUT2D eigenvalue weighted by Crippen LogP contribution is 2.24. The fourth-order valence-corrected chi connectivity index (χ4v) is 1.50. The van der Waals surface area contributed by atoms with E-state index in [1.807, 2.05) is 32.0 Å². The molecule has 0 amide bonds. The molecule has 0 saturated heterocycles. The van der Waals surface area contributed by atoms with Crippen LogP contribution in [0.5, 0.6) is 0 Å². The molecular formula is C12H14N2O2. The molecule has 1 unspecified atom stereocenters. The van der Waals surface area contributed by atoms with Crippen LogP contribution in [0.25, 0.3) is 11.5 Å². The van der Waals surface area contributed by atoms with E-state index in [4.69, 9.17) is 4.52 Å². The van der Waals surface area contributed by atoms with Gasteiger partial charge in [-0.1, -0.05) is 17.3 Å². The topological polar surface area (TPSA) is 59.2 Å². The van der Waals surface area contributed by atoms with Crippen molar-refractivity contribution in [2.75, 3.05) is 0 Å². The van der Waals surface area contributed by atoms with Crippen molar-refractivity contribution in [1.29, 1.82) is 0 Å². The minimum atomic E-state index is -0.706. The molecule has 4 heteroatoms. The molecular weight excluding hydrogens is 204 g/mol. The van der Waals surface area contributed by atoms with Gasteiger partial charge in [0.05, 0.1) is 0 Å². The maximum absolute atomic E-state index is 9.32. The van der Waals surface area contributed by atoms with Gasteiger partial charge in [0.1, 0.15) is 6.10 Å². The smallest absolute Gasteiger partial charge is 0.258 e. The van der Waals surface area contributed by atoms with E-state index >= 15 is 0 Å². The predicted molar refractivity (Wildman–Crippen MR) is 59.8 cm³/mol. The van der Waals surface area contributed by atoms with Gasteiger partial charge in [-0.2, -0.15) is 4.98 Å². The van der Waals surface area contributed by atoms with E-state index < -0.39 is 6.10 Å². The van der Waals surface area contributed by atoms with E-state index in [2.05, 4.69) is 10.1 Å². The summed E-state index contributed by atoms with van der Waals surface area (Å²) in [6, 6.07) is 5.91. The number of benzene rings is 1. The van der Waals surface area contributed by atoms with E-state index in [9.17, 15) is 5.11 Å². The van der Waals surface area contributed by atoms with Crippen molar-refractivity contribution in [2.45, 2.75) is 26.9 Å². The first-order chi connectivity index (χ1) is 7.59. The molecule has 0 saturated carbocycles. The standard InChI is InChI=1S/C12H14N2O2/c1-7-5-4-6-10(8(7)2)12-13-11(9(3)15)14-16-12/h4-6,9,15H,1-3H3. The summed E-state index contributed by atoms with van der Waals surface area (Å²) >= 11 is 0. The van der Waals surface area contributed by atoms with Gasteiger partial charge in [-0.15, -0.1) is 0 Å². The molecule has 1 atom stereocenters. The van der Waals surface area contributed by atoms with Gasteiger partial charge >= 0.3 is 0 Å². The maximum atomic E-state index is 9.32. The molecule has 2 rings (SSSR count). The number of aliphatic hydroxyl groups excluding tert-OH is 1. The average Bonchev–Trinajstić information content (AvgIpc) is 2.71. The van der Waals surface area contributed by atoms with Gasteiger partial charge < -0.3 is 9.63 Å². The second-order valence-corrected chi connectivity index (χ2v) is 3.88. The summed E-state index contributed by atoms with van der Waals surface area (Å²) in [5.41, 5.74) is 3.21. The van der Waals surface area contributed by atoms with Crippen LogP contribution < -0.4 is 0 Å². The van der Waals surface area contributed by atoms with Gasteiger partial charge in [-0.05, 0) is 38.0 Å². The highest BCUT2D eigenvalue weighted by atomic mass is 16.5. The number of aliphatic hydroxyl groups is 1. The Balaban J connectivity index is 2.47. The van der Waals surface area contributed by atoms with Crippen LogP contribution in [0.15, 0.2) is 22.7 Å². The molecule has 1 N–H and O–H groups in total. The second-order valence-electron chi connectivity index (χ2n) is 3.88. The molecule has 2 aromatic rings. The molecule has 0 aliphatic carbocycles. The molecule has 0 bridgehead atoms. The van der Waals surface area contributed by atoms with Gasteiger partial charge in [-0.25, -0.2) is 0 Å². The quantitative estimate of drug-likeness (QED) is 0.840. The summed E-state index contributed by atoms with van der Waals surface area (Å²) in [5, 5.41) is 13.0. The van der Waals surface area contributed by atoms with Crippen LogP contribution in [-0.4, -0.2) is 15.2 Å². The lowest BCUT2D eigenvalue weighted by Gasteiger charge is -2.03. The van der Waals surface area contributed by atoms with Gasteiger partial charge in [-0.3, -0.25) is 0 Å². The average molecular weight is 218 g/mol. The number of rotatable bonds is 2. The SMILES string of the molecule is Cc1cccc(-c2nc(C(C)O)no2)c1C. The van der Waals surface area contributed by atoms with Crippen molar-refractivity contribution in [1.82, 2.24) is 10.1 Å². The zero-order valence-corrected chi connectivity index (χ0v) is 9.56. The molecule has 0 aliphatic heterocycles. The van der Waals surface area contributed by atoms with Crippen LogP contribution in [0.4, 0.5) is 0 Å². The first kappa shape index (κ1) is 10.8. The molecule has 0 spiro atoms. The lowest BCUT2D eigenvalue weighted by atomic mass is 10.0. The van der Waals surface area contributed by atoms with E-state index in [1.165, 1.54) is 5.56 Å². The fourth-order valence-electron chi connectivity index (χ4n) is 1.50. The number of aryl methyl sites for hydroxylation is 1. The van der Waals surface area contributed by atoms with Crippen LogP contribution >= 0.6 is 0 Å². The summed E-state index contributed by atoms with van der Waals surface area (Å²) < 4.78 is 5.13. The minimum Gasteiger partial charge on any atom is -0.385 e. The van der Waals surface area contributed by atoms with Crippen molar-refractivity contribution >= 4 is 0 Å². The minimum absolute atomic E-state index is 0.316. The number of hydrogen-bond acceptors (Lipinski definition) is 4. The number of hydrogen-bond donors (Lipinski definition) is 1. The van der Waals surface area contributed by atoms with Gasteiger partial charge in [0.15, 0.2) is 5.82 Å². The number of aromatic nitrogens is 2. The molecule has 4 nitrogen and oxygen atoms in total. The molecule has 1 aromatic carbocycles. The first-order valence-electron chi connectivity index (χ1n) is 5.18. The molecule has 0 fully saturated rings. The normalized spacial score (nSPS) is 12.8. The Morgan fingerprint density at radius 3 is 2.69 bits per heavy atom. The molecule has 84 valence electrons. The third-order valence-electron chi connectivity index (χ3n) is 2.65. The van der Waals surface area contributed by atoms with E-state index in [1.54, 1.807) is 6.92 Å². The second kappa shape index (κ2) is 4.06. The van der Waals surface area contributed by atoms with Crippen molar-refractivity contribution in [2.24, 2.45) is 0 Å². The molecule has 0 aliphatic rings. The van der Waals surface area contributed by atoms with Gasteiger partial charge in [0.25, 0.3) is 5.89 Å². The van der Waals surface area contributed by atoms with E-state index in [0.29, 0.717) is 11.7 Å². The van der Waals surface area contributed by atoms with Crippen LogP contribution in [0.3, 0.4) is 0 Å². The highest BCUT2D eigenvalue weighted by molar-refractivity contribution is 5.60. The third kappa shape index (κ3) is 1.84. The zero-order valence-electron chi connectivity index (χ0n) is 9.56. The lowest BCUT2D eigenvalue weighted by molar-refractivity contribution is 0.184. The molecule has 16 heavy (non-hydrogen) atoms. The molecule has 1 aromatic heterocycles. The van der Waals surface area contributed by atoms with Gasteiger partial charge in [0.2, 0.25) is 0 Å². The van der Waals surface area contributed by atoms with Crippen molar-refractivity contribution < 1.29 is 9.63 Å². The van der Waals surface area contributed by atoms with Crippen molar-refractivity contribution in [3.05, 3.63) is 35.2 Å². The zero-order chi connectivity index (χ0) is 11.7. The lowest BCUT2D eigenvalue weighted by Crippen LogP contribution is -1.93. The Morgan fingerprint density at radius 2 is 2.06 bits per heavy atom. The van der Waals surface area contributed by atoms with E-state index in [0.717, 1.165) is 11.1 Å². The van der Waals surface area contributed by atoms with Crippen molar-refractivity contribution in [3.63, 3.8) is 0 Å². The van der Waals surface area contributed by atoms with Gasteiger partial charge in [0, 0.05) is 5.56 Å².